The molecule has 0 saturated carbocycles. The lowest BCUT2D eigenvalue weighted by molar-refractivity contribution is -0.122. The third kappa shape index (κ3) is 9.42. The number of benzene rings is 2. The van der Waals surface area contributed by atoms with Crippen LogP contribution in [-0.4, -0.2) is 52.2 Å². The number of thioether (sulfide) groups is 1. The van der Waals surface area contributed by atoms with Crippen molar-refractivity contribution in [3.63, 3.8) is 0 Å². The maximum atomic E-state index is 14.0. The first-order valence-electron chi connectivity index (χ1n) is 10.6. The number of carbonyl (C=O) groups excluding carboxylic acids is 1. The van der Waals surface area contributed by atoms with Gasteiger partial charge in [-0.3, -0.25) is 4.79 Å². The number of nitrogens with one attached hydrogen (secondary N) is 2. The van der Waals surface area contributed by atoms with Crippen LogP contribution in [0.5, 0.6) is 0 Å². The Morgan fingerprint density at radius 1 is 1.09 bits per heavy atom. The van der Waals surface area contributed by atoms with E-state index in [0.29, 0.717) is 32.2 Å². The molecule has 0 radical (unpaired) electrons. The van der Waals surface area contributed by atoms with Gasteiger partial charge in [0.2, 0.25) is 15.9 Å². The Morgan fingerprint density at radius 3 is 2.55 bits per heavy atom. The van der Waals surface area contributed by atoms with Gasteiger partial charge in [-0.1, -0.05) is 36.4 Å². The van der Waals surface area contributed by atoms with Crippen molar-refractivity contribution in [2.75, 3.05) is 31.8 Å². The Morgan fingerprint density at radius 2 is 1.82 bits per heavy atom. The van der Waals surface area contributed by atoms with E-state index < -0.39 is 32.7 Å². The highest BCUT2D eigenvalue weighted by atomic mass is 32.2. The van der Waals surface area contributed by atoms with Crippen LogP contribution in [0.4, 0.5) is 4.39 Å². The molecule has 1 unspecified atom stereocenters. The highest BCUT2D eigenvalue weighted by molar-refractivity contribution is 7.98. The molecule has 33 heavy (non-hydrogen) atoms. The number of ether oxygens (including phenoxy) is 2. The first kappa shape index (κ1) is 27.3. The molecule has 0 aliphatic carbocycles. The molecular formula is C23H31FN2O5S2. The van der Waals surface area contributed by atoms with Gasteiger partial charge in [-0.2, -0.15) is 16.5 Å². The average molecular weight is 499 g/mol. The lowest BCUT2D eigenvalue weighted by Gasteiger charge is -2.18. The molecule has 2 aromatic rings. The van der Waals surface area contributed by atoms with E-state index in [-0.39, 0.29) is 13.0 Å². The first-order valence-corrected chi connectivity index (χ1v) is 13.5. The van der Waals surface area contributed by atoms with E-state index in [1.165, 1.54) is 30.0 Å². The SMILES string of the molecule is CCOCCOCc1cccc(CNC(=O)C(CCSC)NS(=O)(=O)c2ccccc2F)c1. The molecular weight excluding hydrogens is 467 g/mol. The highest BCUT2D eigenvalue weighted by Gasteiger charge is 2.27. The van der Waals surface area contributed by atoms with Gasteiger partial charge >= 0.3 is 0 Å². The maximum Gasteiger partial charge on any atom is 0.244 e. The van der Waals surface area contributed by atoms with Crippen molar-refractivity contribution in [1.82, 2.24) is 10.0 Å². The molecule has 0 bridgehead atoms. The summed E-state index contributed by atoms with van der Waals surface area (Å²) in [4.78, 5) is 12.3. The van der Waals surface area contributed by atoms with Crippen molar-refractivity contribution in [3.8, 4) is 0 Å². The van der Waals surface area contributed by atoms with Crippen molar-refractivity contribution in [2.24, 2.45) is 0 Å². The Labute approximate surface area is 199 Å². The molecule has 0 saturated heterocycles. The zero-order valence-corrected chi connectivity index (χ0v) is 20.5. The van der Waals surface area contributed by atoms with Gasteiger partial charge < -0.3 is 14.8 Å². The molecule has 0 heterocycles. The van der Waals surface area contributed by atoms with Crippen LogP contribution < -0.4 is 10.0 Å². The minimum atomic E-state index is -4.19. The molecule has 0 spiro atoms. The predicted octanol–water partition coefficient (Wildman–Crippen LogP) is 3.10. The summed E-state index contributed by atoms with van der Waals surface area (Å²) < 4.78 is 52.5. The van der Waals surface area contributed by atoms with Gasteiger partial charge in [0, 0.05) is 13.2 Å². The molecule has 0 aliphatic rings. The van der Waals surface area contributed by atoms with Gasteiger partial charge in [0.15, 0.2) is 0 Å². The molecule has 182 valence electrons. The monoisotopic (exact) mass is 498 g/mol. The number of amides is 1. The van der Waals surface area contributed by atoms with Gasteiger partial charge in [-0.05, 0) is 48.6 Å². The fourth-order valence-electron chi connectivity index (χ4n) is 2.99. The summed E-state index contributed by atoms with van der Waals surface area (Å²) in [5, 5.41) is 2.78. The van der Waals surface area contributed by atoms with Crippen molar-refractivity contribution < 1.29 is 27.1 Å². The molecule has 0 fully saturated rings. The van der Waals surface area contributed by atoms with Gasteiger partial charge in [0.05, 0.1) is 19.8 Å². The van der Waals surface area contributed by atoms with E-state index >= 15 is 0 Å². The number of rotatable bonds is 15. The molecule has 2 aromatic carbocycles. The van der Waals surface area contributed by atoms with Crippen LogP contribution in [0, 0.1) is 5.82 Å². The first-order chi connectivity index (χ1) is 15.9. The van der Waals surface area contributed by atoms with Crippen LogP contribution in [0.15, 0.2) is 53.4 Å². The molecule has 1 amide bonds. The Balaban J connectivity index is 1.98. The van der Waals surface area contributed by atoms with Gasteiger partial charge in [-0.25, -0.2) is 12.8 Å². The van der Waals surface area contributed by atoms with Crippen LogP contribution in [0.2, 0.25) is 0 Å². The van der Waals surface area contributed by atoms with E-state index in [0.717, 1.165) is 17.2 Å². The fraction of sp³-hybridized carbons (Fsp3) is 0.435. The summed E-state index contributed by atoms with van der Waals surface area (Å²) >= 11 is 1.49. The smallest absolute Gasteiger partial charge is 0.244 e. The Bertz CT molecular complexity index is 988. The molecule has 7 nitrogen and oxygen atoms in total. The summed E-state index contributed by atoms with van der Waals surface area (Å²) in [5.74, 6) is -0.774. The third-order valence-corrected chi connectivity index (χ3v) is 6.80. The molecule has 1 atom stereocenters. The second kappa shape index (κ2) is 14.3. The predicted molar refractivity (Wildman–Crippen MR) is 128 cm³/mol. The second-order valence-electron chi connectivity index (χ2n) is 7.17. The Kier molecular flexibility index (Phi) is 11.8. The van der Waals surface area contributed by atoms with E-state index in [2.05, 4.69) is 10.0 Å². The highest BCUT2D eigenvalue weighted by Crippen LogP contribution is 2.15. The van der Waals surface area contributed by atoms with Crippen molar-refractivity contribution in [3.05, 3.63) is 65.5 Å². The van der Waals surface area contributed by atoms with Gasteiger partial charge in [0.1, 0.15) is 16.8 Å². The largest absolute Gasteiger partial charge is 0.379 e. The number of sulfonamides is 1. The minimum Gasteiger partial charge on any atom is -0.379 e. The van der Waals surface area contributed by atoms with Crippen molar-refractivity contribution in [2.45, 2.75) is 37.4 Å². The molecule has 0 aromatic heterocycles. The number of hydrogen-bond acceptors (Lipinski definition) is 6. The summed E-state index contributed by atoms with van der Waals surface area (Å²) in [6.07, 6.45) is 2.14. The zero-order chi connectivity index (χ0) is 24.1. The molecule has 10 heteroatoms. The van der Waals surface area contributed by atoms with Crippen LogP contribution in [0.1, 0.15) is 24.5 Å². The van der Waals surface area contributed by atoms with Crippen LogP contribution >= 0.6 is 11.8 Å². The third-order valence-electron chi connectivity index (χ3n) is 4.65. The van der Waals surface area contributed by atoms with Crippen LogP contribution in [0.3, 0.4) is 0 Å². The molecule has 2 rings (SSSR count). The quantitative estimate of drug-likeness (QED) is 0.367. The number of carbonyl (C=O) groups is 1. The molecule has 0 aliphatic heterocycles. The number of hydrogen-bond donors (Lipinski definition) is 2. The average Bonchev–Trinajstić information content (AvgIpc) is 2.80. The topological polar surface area (TPSA) is 93.7 Å². The Hall–Kier alpha value is -1.98. The maximum absolute atomic E-state index is 14.0. The van der Waals surface area contributed by atoms with Crippen molar-refractivity contribution in [1.29, 1.82) is 0 Å². The van der Waals surface area contributed by atoms with Gasteiger partial charge in [0.25, 0.3) is 0 Å². The van der Waals surface area contributed by atoms with Gasteiger partial charge in [-0.15, -0.1) is 0 Å². The van der Waals surface area contributed by atoms with Crippen molar-refractivity contribution >= 4 is 27.7 Å². The minimum absolute atomic E-state index is 0.225. The van der Waals surface area contributed by atoms with E-state index in [1.807, 2.05) is 37.4 Å². The zero-order valence-electron chi connectivity index (χ0n) is 18.9. The van der Waals surface area contributed by atoms with Crippen LogP contribution in [-0.2, 0) is 37.4 Å². The van der Waals surface area contributed by atoms with Crippen LogP contribution in [0.25, 0.3) is 0 Å². The summed E-state index contributed by atoms with van der Waals surface area (Å²) in [5.41, 5.74) is 1.81. The fourth-order valence-corrected chi connectivity index (χ4v) is 4.77. The second-order valence-corrected chi connectivity index (χ2v) is 9.84. The number of halogens is 1. The lowest BCUT2D eigenvalue weighted by Crippen LogP contribution is -2.46. The van der Waals surface area contributed by atoms with E-state index in [4.69, 9.17) is 9.47 Å². The standard InChI is InChI=1S/C23H31FN2O5S2/c1-3-30-12-13-31-17-19-8-6-7-18(15-19)16-25-23(27)21(11-14-32-2)26-33(28,29)22-10-5-4-9-20(22)24/h4-10,15,21,26H,3,11-14,16-17H2,1-2H3,(H,25,27). The van der Waals surface area contributed by atoms with E-state index in [9.17, 15) is 17.6 Å². The summed E-state index contributed by atoms with van der Waals surface area (Å²) in [7, 11) is -4.19. The summed E-state index contributed by atoms with van der Waals surface area (Å²) in [6, 6.07) is 11.6. The lowest BCUT2D eigenvalue weighted by atomic mass is 10.1. The summed E-state index contributed by atoms with van der Waals surface area (Å²) in [6.45, 7) is 4.25. The van der Waals surface area contributed by atoms with E-state index in [1.54, 1.807) is 0 Å². The normalized spacial score (nSPS) is 12.5. The molecule has 2 N–H and O–H groups in total.